The van der Waals surface area contributed by atoms with Crippen molar-refractivity contribution >= 4 is 5.97 Å². The highest BCUT2D eigenvalue weighted by Crippen LogP contribution is 2.26. The van der Waals surface area contributed by atoms with Gasteiger partial charge in [0.1, 0.15) is 12.6 Å². The van der Waals surface area contributed by atoms with Crippen molar-refractivity contribution in [1.82, 2.24) is 0 Å². The lowest BCUT2D eigenvalue weighted by Crippen LogP contribution is -2.05. The summed E-state index contributed by atoms with van der Waals surface area (Å²) in [6, 6.07) is 21.1. The van der Waals surface area contributed by atoms with Gasteiger partial charge >= 0.3 is 5.97 Å². The number of benzene rings is 3. The Morgan fingerprint density at radius 2 is 1.61 bits per heavy atom. The molecule has 0 aromatic heterocycles. The zero-order chi connectivity index (χ0) is 19.8. The molecule has 5 heteroatoms. The van der Waals surface area contributed by atoms with Gasteiger partial charge in [-0.3, -0.25) is 0 Å². The molecule has 0 aliphatic carbocycles. The Kier molecular flexibility index (Phi) is 6.89. The summed E-state index contributed by atoms with van der Waals surface area (Å²) in [5.41, 5.74) is 3.93. The smallest absolute Gasteiger partial charge is 0.337 e. The number of hydrogen-bond acceptors (Lipinski definition) is 4. The summed E-state index contributed by atoms with van der Waals surface area (Å²) < 4.78 is 29.2. The highest BCUT2D eigenvalue weighted by molar-refractivity contribution is 5.91. The van der Waals surface area contributed by atoms with E-state index in [-0.39, 0.29) is 12.6 Å². The van der Waals surface area contributed by atoms with Crippen molar-refractivity contribution in [3.8, 4) is 11.1 Å². The Labute approximate surface area is 163 Å². The van der Waals surface area contributed by atoms with Crippen LogP contribution >= 0.6 is 0 Å². The van der Waals surface area contributed by atoms with Crippen LogP contribution in [0.1, 0.15) is 21.5 Å². The summed E-state index contributed by atoms with van der Waals surface area (Å²) in [6.45, 7) is 0.895. The highest BCUT2D eigenvalue weighted by atomic mass is 19.1. The summed E-state index contributed by atoms with van der Waals surface area (Å²) >= 11 is 0. The van der Waals surface area contributed by atoms with Gasteiger partial charge in [0, 0.05) is 0 Å². The minimum atomic E-state index is -0.429. The second-order valence-corrected chi connectivity index (χ2v) is 6.17. The molecule has 3 rings (SSSR count). The van der Waals surface area contributed by atoms with Crippen LogP contribution in [0.15, 0.2) is 72.8 Å². The van der Waals surface area contributed by atoms with E-state index in [0.29, 0.717) is 18.8 Å². The van der Waals surface area contributed by atoms with Gasteiger partial charge in [0.2, 0.25) is 0 Å². The van der Waals surface area contributed by atoms with Gasteiger partial charge in [-0.15, -0.1) is 0 Å². The molecule has 0 unspecified atom stereocenters. The Morgan fingerprint density at radius 1 is 0.893 bits per heavy atom. The molecule has 0 aliphatic rings. The molecule has 0 heterocycles. The fourth-order valence-corrected chi connectivity index (χ4v) is 2.79. The monoisotopic (exact) mass is 380 g/mol. The van der Waals surface area contributed by atoms with E-state index in [0.717, 1.165) is 22.3 Å². The number of ether oxygens (including phenoxy) is 3. The molecule has 28 heavy (non-hydrogen) atoms. The first-order valence-corrected chi connectivity index (χ1v) is 8.84. The lowest BCUT2D eigenvalue weighted by Gasteiger charge is -2.13. The number of halogens is 1. The van der Waals surface area contributed by atoms with E-state index < -0.39 is 5.97 Å². The van der Waals surface area contributed by atoms with Crippen molar-refractivity contribution in [1.29, 1.82) is 0 Å². The molecular weight excluding hydrogens is 359 g/mol. The number of esters is 1. The zero-order valence-electron chi connectivity index (χ0n) is 15.6. The predicted molar refractivity (Wildman–Crippen MR) is 104 cm³/mol. The minimum absolute atomic E-state index is 0.135. The molecule has 0 aliphatic heterocycles. The highest BCUT2D eigenvalue weighted by Gasteiger charge is 2.12. The molecule has 0 atom stereocenters. The lowest BCUT2D eigenvalue weighted by molar-refractivity contribution is -0.0688. The number of carbonyl (C=O) groups excluding carboxylic acids is 1. The molecule has 0 bridgehead atoms. The predicted octanol–water partition coefficient (Wildman–Crippen LogP) is 4.97. The molecule has 0 N–H and O–H groups in total. The fraction of sp³-hybridized carbons (Fsp3) is 0.174. The van der Waals surface area contributed by atoms with Crippen LogP contribution in [-0.2, 0) is 27.4 Å². The summed E-state index contributed by atoms with van der Waals surface area (Å²) in [5, 5.41) is 0. The number of rotatable bonds is 8. The maximum Gasteiger partial charge on any atom is 0.337 e. The van der Waals surface area contributed by atoms with Crippen LogP contribution in [0.25, 0.3) is 11.1 Å². The number of hydrogen-bond donors (Lipinski definition) is 0. The van der Waals surface area contributed by atoms with Gasteiger partial charge in [-0.2, -0.15) is 0 Å². The van der Waals surface area contributed by atoms with Gasteiger partial charge < -0.3 is 14.2 Å². The van der Waals surface area contributed by atoms with Crippen molar-refractivity contribution in [2.24, 2.45) is 0 Å². The van der Waals surface area contributed by atoms with Crippen molar-refractivity contribution in [2.75, 3.05) is 13.9 Å². The Balaban J connectivity index is 1.68. The van der Waals surface area contributed by atoms with Crippen LogP contribution in [0, 0.1) is 5.82 Å². The van der Waals surface area contributed by atoms with Crippen LogP contribution in [0.2, 0.25) is 0 Å². The Hall–Kier alpha value is -3.02. The number of methoxy groups -OCH3 is 1. The maximum atomic E-state index is 13.3. The van der Waals surface area contributed by atoms with E-state index in [1.54, 1.807) is 24.3 Å². The van der Waals surface area contributed by atoms with Crippen LogP contribution in [0.3, 0.4) is 0 Å². The first-order chi connectivity index (χ1) is 13.7. The summed E-state index contributed by atoms with van der Waals surface area (Å²) in [6.07, 6.45) is 0. The van der Waals surface area contributed by atoms with Gasteiger partial charge in [0.25, 0.3) is 0 Å². The molecule has 144 valence electrons. The van der Waals surface area contributed by atoms with Crippen LogP contribution < -0.4 is 0 Å². The van der Waals surface area contributed by atoms with Crippen LogP contribution in [0.5, 0.6) is 0 Å². The van der Waals surface area contributed by atoms with E-state index in [2.05, 4.69) is 0 Å². The molecular formula is C23H21FO4. The molecule has 0 saturated heterocycles. The van der Waals surface area contributed by atoms with Crippen molar-refractivity contribution in [3.05, 3.63) is 95.3 Å². The van der Waals surface area contributed by atoms with Crippen LogP contribution in [0.4, 0.5) is 4.39 Å². The minimum Gasteiger partial charge on any atom is -0.465 e. The van der Waals surface area contributed by atoms with Gasteiger partial charge in [-0.1, -0.05) is 48.5 Å². The number of carbonyl (C=O) groups is 1. The van der Waals surface area contributed by atoms with Gasteiger partial charge in [0.05, 0.1) is 25.9 Å². The Bertz CT molecular complexity index is 908. The molecule has 0 radical (unpaired) electrons. The fourth-order valence-electron chi connectivity index (χ4n) is 2.79. The first kappa shape index (κ1) is 19.7. The van der Waals surface area contributed by atoms with E-state index >= 15 is 0 Å². The van der Waals surface area contributed by atoms with Gasteiger partial charge in [-0.25, -0.2) is 9.18 Å². The van der Waals surface area contributed by atoms with E-state index in [1.165, 1.54) is 19.2 Å². The van der Waals surface area contributed by atoms with Crippen molar-refractivity contribution < 1.29 is 23.4 Å². The SMILES string of the molecule is COC(=O)c1ccc(COCOCc2ccccc2)c(-c2ccc(F)cc2)c1. The van der Waals surface area contributed by atoms with E-state index in [4.69, 9.17) is 14.2 Å². The molecule has 3 aromatic carbocycles. The summed E-state index contributed by atoms with van der Waals surface area (Å²) in [4.78, 5) is 11.9. The normalized spacial score (nSPS) is 10.6. The molecule has 0 amide bonds. The molecule has 0 saturated carbocycles. The summed E-state index contributed by atoms with van der Waals surface area (Å²) in [5.74, 6) is -0.748. The second-order valence-electron chi connectivity index (χ2n) is 6.17. The standard InChI is InChI=1S/C23H21FO4/c1-26-23(25)19-7-8-20(22(13-19)18-9-11-21(24)12-10-18)15-28-16-27-14-17-5-3-2-4-6-17/h2-13H,14-16H2,1H3. The quantitative estimate of drug-likeness (QED) is 0.314. The molecule has 0 fully saturated rings. The molecule has 4 nitrogen and oxygen atoms in total. The topological polar surface area (TPSA) is 44.8 Å². The van der Waals surface area contributed by atoms with Gasteiger partial charge in [-0.05, 0) is 46.5 Å². The largest absolute Gasteiger partial charge is 0.465 e. The van der Waals surface area contributed by atoms with Gasteiger partial charge in [0.15, 0.2) is 0 Å². The lowest BCUT2D eigenvalue weighted by atomic mass is 9.97. The third kappa shape index (κ3) is 5.25. The van der Waals surface area contributed by atoms with Crippen molar-refractivity contribution in [2.45, 2.75) is 13.2 Å². The van der Waals surface area contributed by atoms with E-state index in [9.17, 15) is 9.18 Å². The third-order valence-electron chi connectivity index (χ3n) is 4.22. The van der Waals surface area contributed by atoms with E-state index in [1.807, 2.05) is 36.4 Å². The zero-order valence-corrected chi connectivity index (χ0v) is 15.6. The average molecular weight is 380 g/mol. The van der Waals surface area contributed by atoms with Crippen LogP contribution in [-0.4, -0.2) is 19.9 Å². The second kappa shape index (κ2) is 9.78. The average Bonchev–Trinajstić information content (AvgIpc) is 2.74. The Morgan fingerprint density at radius 3 is 2.32 bits per heavy atom. The molecule has 3 aromatic rings. The summed E-state index contributed by atoms with van der Waals surface area (Å²) in [7, 11) is 1.33. The first-order valence-electron chi connectivity index (χ1n) is 8.84. The maximum absolute atomic E-state index is 13.3. The third-order valence-corrected chi connectivity index (χ3v) is 4.22. The van der Waals surface area contributed by atoms with Crippen molar-refractivity contribution in [3.63, 3.8) is 0 Å². The molecule has 0 spiro atoms.